The first-order chi connectivity index (χ1) is 11.7. The summed E-state index contributed by atoms with van der Waals surface area (Å²) in [5, 5.41) is 4.03. The fourth-order valence-corrected chi connectivity index (χ4v) is 2.32. The highest BCUT2D eigenvalue weighted by Crippen LogP contribution is 2.19. The van der Waals surface area contributed by atoms with E-state index < -0.39 is 0 Å². The van der Waals surface area contributed by atoms with E-state index in [1.807, 2.05) is 55.7 Å². The maximum Gasteiger partial charge on any atom is 0.331 e. The predicted molar refractivity (Wildman–Crippen MR) is 93.9 cm³/mol. The van der Waals surface area contributed by atoms with E-state index >= 15 is 0 Å². The average molecular weight is 318 g/mol. The molecule has 1 aromatic heterocycles. The minimum atomic E-state index is -0.369. The summed E-state index contributed by atoms with van der Waals surface area (Å²) in [7, 11) is 1.83. The van der Waals surface area contributed by atoms with Gasteiger partial charge in [-0.05, 0) is 22.8 Å². The number of carbonyl (C=O) groups excluding carboxylic acids is 1. The summed E-state index contributed by atoms with van der Waals surface area (Å²) >= 11 is 0. The molecule has 0 aliphatic carbocycles. The third-order valence-electron chi connectivity index (χ3n) is 3.58. The van der Waals surface area contributed by atoms with Crippen LogP contribution >= 0.6 is 0 Å². The van der Waals surface area contributed by atoms with Crippen LogP contribution in [0.3, 0.4) is 0 Å². The van der Waals surface area contributed by atoms with Gasteiger partial charge in [0.05, 0.1) is 6.20 Å². The van der Waals surface area contributed by atoms with Gasteiger partial charge in [-0.1, -0.05) is 54.6 Å². The molecule has 0 aliphatic heterocycles. The molecule has 0 amide bonds. The molecule has 0 unspecified atom stereocenters. The Kier molecular flexibility index (Phi) is 4.87. The Bertz CT molecular complexity index is 834. The van der Waals surface area contributed by atoms with Crippen LogP contribution < -0.4 is 0 Å². The predicted octanol–water partition coefficient (Wildman–Crippen LogP) is 3.84. The van der Waals surface area contributed by atoms with Gasteiger partial charge in [0, 0.05) is 24.9 Å². The maximum atomic E-state index is 11.7. The summed E-state index contributed by atoms with van der Waals surface area (Å²) in [5.74, 6) is -0.369. The number of aryl methyl sites for hydroxylation is 1. The number of esters is 1. The van der Waals surface area contributed by atoms with Gasteiger partial charge in [0.15, 0.2) is 0 Å². The van der Waals surface area contributed by atoms with Crippen LogP contribution in [0.2, 0.25) is 0 Å². The molecule has 0 N–H and O–H groups in total. The summed E-state index contributed by atoms with van der Waals surface area (Å²) in [5.41, 5.74) is 4.13. The lowest BCUT2D eigenvalue weighted by molar-refractivity contribution is -0.138. The van der Waals surface area contributed by atoms with E-state index in [-0.39, 0.29) is 12.6 Å². The number of hydrogen-bond acceptors (Lipinski definition) is 3. The second kappa shape index (κ2) is 7.42. The van der Waals surface area contributed by atoms with Crippen LogP contribution in [0.1, 0.15) is 11.1 Å². The zero-order chi connectivity index (χ0) is 16.8. The van der Waals surface area contributed by atoms with Gasteiger partial charge < -0.3 is 4.74 Å². The van der Waals surface area contributed by atoms with Crippen molar-refractivity contribution in [1.82, 2.24) is 9.78 Å². The van der Waals surface area contributed by atoms with Crippen molar-refractivity contribution in [2.24, 2.45) is 7.05 Å². The monoisotopic (exact) mass is 318 g/mol. The molecule has 1 heterocycles. The number of rotatable bonds is 5. The fraction of sp³-hybridized carbons (Fsp3) is 0.100. The van der Waals surface area contributed by atoms with Gasteiger partial charge in [-0.2, -0.15) is 5.10 Å². The fourth-order valence-electron chi connectivity index (χ4n) is 2.32. The third-order valence-corrected chi connectivity index (χ3v) is 3.58. The molecule has 3 rings (SSSR count). The number of hydrogen-bond donors (Lipinski definition) is 0. The standard InChI is InChI=1S/C20H18N2O2/c1-22-14-17(13-21-22)9-12-20(23)24-15-16-7-10-19(11-8-16)18-5-3-2-4-6-18/h2-14H,15H2,1H3. The molecule has 3 aromatic rings. The first-order valence-electron chi connectivity index (χ1n) is 7.68. The lowest BCUT2D eigenvalue weighted by atomic mass is 10.0. The summed E-state index contributed by atoms with van der Waals surface area (Å²) in [4.78, 5) is 11.7. The molecule has 0 bridgehead atoms. The molecule has 0 radical (unpaired) electrons. The zero-order valence-corrected chi connectivity index (χ0v) is 13.4. The molecule has 0 fully saturated rings. The van der Waals surface area contributed by atoms with Crippen molar-refractivity contribution in [1.29, 1.82) is 0 Å². The summed E-state index contributed by atoms with van der Waals surface area (Å²) in [6.07, 6.45) is 6.61. The first kappa shape index (κ1) is 15.7. The van der Waals surface area contributed by atoms with E-state index in [0.29, 0.717) is 0 Å². The smallest absolute Gasteiger partial charge is 0.331 e. The molecule has 4 nitrogen and oxygen atoms in total. The van der Waals surface area contributed by atoms with E-state index in [0.717, 1.165) is 16.7 Å². The van der Waals surface area contributed by atoms with Gasteiger partial charge in [0.25, 0.3) is 0 Å². The van der Waals surface area contributed by atoms with E-state index in [1.165, 1.54) is 11.6 Å². The molecule has 0 aliphatic rings. The molecular weight excluding hydrogens is 300 g/mol. The Hall–Kier alpha value is -3.14. The summed E-state index contributed by atoms with van der Waals surface area (Å²) < 4.78 is 6.93. The summed E-state index contributed by atoms with van der Waals surface area (Å²) in [6, 6.07) is 18.2. The normalized spacial score (nSPS) is 10.9. The van der Waals surface area contributed by atoms with Gasteiger partial charge in [-0.25, -0.2) is 4.79 Å². The van der Waals surface area contributed by atoms with Crippen LogP contribution in [-0.2, 0) is 23.2 Å². The Morgan fingerprint density at radius 2 is 1.79 bits per heavy atom. The van der Waals surface area contributed by atoms with Crippen molar-refractivity contribution in [2.75, 3.05) is 0 Å². The number of benzene rings is 2. The first-order valence-corrected chi connectivity index (χ1v) is 7.68. The minimum absolute atomic E-state index is 0.255. The molecule has 4 heteroatoms. The number of carbonyl (C=O) groups is 1. The van der Waals surface area contributed by atoms with Crippen LogP contribution in [0.5, 0.6) is 0 Å². The van der Waals surface area contributed by atoms with Crippen LogP contribution in [0.25, 0.3) is 17.2 Å². The quantitative estimate of drug-likeness (QED) is 0.530. The third kappa shape index (κ3) is 4.20. The SMILES string of the molecule is Cn1cc(C=CC(=O)OCc2ccc(-c3ccccc3)cc2)cn1. The van der Waals surface area contributed by atoms with Crippen LogP contribution in [-0.4, -0.2) is 15.7 Å². The van der Waals surface area contributed by atoms with Crippen molar-refractivity contribution in [3.05, 3.63) is 84.2 Å². The summed E-state index contributed by atoms with van der Waals surface area (Å²) in [6.45, 7) is 0.255. The van der Waals surface area contributed by atoms with Gasteiger partial charge in [-0.15, -0.1) is 0 Å². The molecule has 24 heavy (non-hydrogen) atoms. The van der Waals surface area contributed by atoms with Gasteiger partial charge in [0.2, 0.25) is 0 Å². The number of nitrogens with zero attached hydrogens (tertiary/aromatic N) is 2. The van der Waals surface area contributed by atoms with Crippen LogP contribution in [0.15, 0.2) is 73.1 Å². The number of ether oxygens (including phenoxy) is 1. The second-order valence-electron chi connectivity index (χ2n) is 5.45. The largest absolute Gasteiger partial charge is 0.458 e. The Labute approximate surface area is 141 Å². The van der Waals surface area contributed by atoms with E-state index in [2.05, 4.69) is 17.2 Å². The van der Waals surface area contributed by atoms with Crippen molar-refractivity contribution in [3.63, 3.8) is 0 Å². The Morgan fingerprint density at radius 3 is 2.46 bits per heavy atom. The van der Waals surface area contributed by atoms with Gasteiger partial charge >= 0.3 is 5.97 Å². The van der Waals surface area contributed by atoms with Crippen molar-refractivity contribution >= 4 is 12.0 Å². The van der Waals surface area contributed by atoms with E-state index in [1.54, 1.807) is 17.0 Å². The molecular formula is C20H18N2O2. The molecule has 0 spiro atoms. The van der Waals surface area contributed by atoms with E-state index in [9.17, 15) is 4.79 Å². The topological polar surface area (TPSA) is 44.1 Å². The minimum Gasteiger partial charge on any atom is -0.458 e. The maximum absolute atomic E-state index is 11.7. The zero-order valence-electron chi connectivity index (χ0n) is 13.4. The van der Waals surface area contributed by atoms with Crippen molar-refractivity contribution < 1.29 is 9.53 Å². The lowest BCUT2D eigenvalue weighted by Crippen LogP contribution is -2.00. The Morgan fingerprint density at radius 1 is 1.08 bits per heavy atom. The van der Waals surface area contributed by atoms with Crippen LogP contribution in [0.4, 0.5) is 0 Å². The Balaban J connectivity index is 1.55. The highest BCUT2D eigenvalue weighted by atomic mass is 16.5. The van der Waals surface area contributed by atoms with E-state index in [4.69, 9.17) is 4.74 Å². The second-order valence-corrected chi connectivity index (χ2v) is 5.45. The average Bonchev–Trinajstić information content (AvgIpc) is 3.05. The molecule has 0 saturated carbocycles. The van der Waals surface area contributed by atoms with Crippen molar-refractivity contribution in [2.45, 2.75) is 6.61 Å². The highest BCUT2D eigenvalue weighted by Gasteiger charge is 2.01. The van der Waals surface area contributed by atoms with Gasteiger partial charge in [-0.3, -0.25) is 4.68 Å². The lowest BCUT2D eigenvalue weighted by Gasteiger charge is -2.05. The van der Waals surface area contributed by atoms with Crippen LogP contribution in [0, 0.1) is 0 Å². The molecule has 2 aromatic carbocycles. The molecule has 0 atom stereocenters. The molecule has 120 valence electrons. The highest BCUT2D eigenvalue weighted by molar-refractivity contribution is 5.86. The number of aromatic nitrogens is 2. The van der Waals surface area contributed by atoms with Gasteiger partial charge in [0.1, 0.15) is 6.61 Å². The van der Waals surface area contributed by atoms with Crippen molar-refractivity contribution in [3.8, 4) is 11.1 Å². The molecule has 0 saturated heterocycles.